The third kappa shape index (κ3) is 3.16. The molecule has 0 unspecified atom stereocenters. The summed E-state index contributed by atoms with van der Waals surface area (Å²) in [6, 6.07) is 3.36. The lowest BCUT2D eigenvalue weighted by atomic mass is 10.2. The number of aryl methyl sites for hydroxylation is 1. The number of amides is 2. The monoisotopic (exact) mass is 264 g/mol. The van der Waals surface area contributed by atoms with E-state index in [-0.39, 0.29) is 17.9 Å². The van der Waals surface area contributed by atoms with Crippen molar-refractivity contribution in [1.82, 2.24) is 10.2 Å². The number of nitrogens with zero attached hydrogens (tertiary/aromatic N) is 1. The Morgan fingerprint density at radius 2 is 2.32 bits per heavy atom. The number of hydrogen-bond acceptors (Lipinski definition) is 3. The van der Waals surface area contributed by atoms with Gasteiger partial charge in [0.25, 0.3) is 0 Å². The second-order valence-corrected chi connectivity index (χ2v) is 4.88. The van der Waals surface area contributed by atoms with Crippen LogP contribution in [0.1, 0.15) is 37.7 Å². The lowest BCUT2D eigenvalue weighted by Crippen LogP contribution is -2.44. The van der Waals surface area contributed by atoms with Crippen LogP contribution in [0, 0.1) is 6.92 Å². The highest BCUT2D eigenvalue weighted by Gasteiger charge is 2.36. The predicted molar refractivity (Wildman–Crippen MR) is 70.3 cm³/mol. The number of furan rings is 1. The van der Waals surface area contributed by atoms with E-state index in [2.05, 4.69) is 5.32 Å². The van der Waals surface area contributed by atoms with Gasteiger partial charge < -0.3 is 14.6 Å². The first-order valence-electron chi connectivity index (χ1n) is 6.74. The van der Waals surface area contributed by atoms with Crippen LogP contribution in [-0.2, 0) is 16.1 Å². The zero-order valence-electron chi connectivity index (χ0n) is 11.4. The van der Waals surface area contributed by atoms with Crippen LogP contribution >= 0.6 is 0 Å². The molecule has 0 aromatic carbocycles. The van der Waals surface area contributed by atoms with Crippen LogP contribution in [0.4, 0.5) is 0 Å². The summed E-state index contributed by atoms with van der Waals surface area (Å²) in [6.45, 7) is 4.89. The maximum Gasteiger partial charge on any atom is 0.242 e. The molecular weight excluding hydrogens is 244 g/mol. The minimum Gasteiger partial charge on any atom is -0.464 e. The lowest BCUT2D eigenvalue weighted by molar-refractivity contribution is -0.136. The molecule has 1 aromatic rings. The highest BCUT2D eigenvalue weighted by molar-refractivity contribution is 5.90. The highest BCUT2D eigenvalue weighted by Crippen LogP contribution is 2.22. The number of likely N-dealkylation sites (tertiary alicyclic amines) is 1. The Morgan fingerprint density at radius 1 is 1.53 bits per heavy atom. The second kappa shape index (κ2) is 5.91. The van der Waals surface area contributed by atoms with Crippen molar-refractivity contribution >= 4 is 11.8 Å². The molecule has 1 aliphatic heterocycles. The SMILES string of the molecule is CCCNC(=O)[C@@H]1CCC(=O)N1Cc1ccc(C)o1. The molecule has 5 nitrogen and oxygen atoms in total. The van der Waals surface area contributed by atoms with E-state index in [1.807, 2.05) is 26.0 Å². The topological polar surface area (TPSA) is 62.6 Å². The summed E-state index contributed by atoms with van der Waals surface area (Å²) in [5.41, 5.74) is 0. The molecule has 1 fully saturated rings. The molecule has 1 N–H and O–H groups in total. The largest absolute Gasteiger partial charge is 0.464 e. The van der Waals surface area contributed by atoms with E-state index in [1.165, 1.54) is 0 Å². The lowest BCUT2D eigenvalue weighted by Gasteiger charge is -2.23. The average Bonchev–Trinajstić information content (AvgIpc) is 2.95. The van der Waals surface area contributed by atoms with Crippen molar-refractivity contribution < 1.29 is 14.0 Å². The third-order valence-electron chi connectivity index (χ3n) is 3.30. The summed E-state index contributed by atoms with van der Waals surface area (Å²) in [5, 5.41) is 2.85. The maximum absolute atomic E-state index is 12.0. The number of carbonyl (C=O) groups is 2. The van der Waals surface area contributed by atoms with E-state index < -0.39 is 0 Å². The van der Waals surface area contributed by atoms with Crippen molar-refractivity contribution in [2.24, 2.45) is 0 Å². The van der Waals surface area contributed by atoms with Crippen LogP contribution in [-0.4, -0.2) is 29.3 Å². The van der Waals surface area contributed by atoms with Gasteiger partial charge in [-0.05, 0) is 31.9 Å². The molecule has 0 radical (unpaired) electrons. The van der Waals surface area contributed by atoms with Gasteiger partial charge in [0.05, 0.1) is 6.54 Å². The van der Waals surface area contributed by atoms with Crippen molar-refractivity contribution in [3.05, 3.63) is 23.7 Å². The van der Waals surface area contributed by atoms with Gasteiger partial charge in [-0.3, -0.25) is 9.59 Å². The molecule has 0 aliphatic carbocycles. The fourth-order valence-electron chi connectivity index (χ4n) is 2.31. The molecule has 0 spiro atoms. The molecule has 2 amide bonds. The van der Waals surface area contributed by atoms with Crippen molar-refractivity contribution in [1.29, 1.82) is 0 Å². The predicted octanol–water partition coefficient (Wildman–Crippen LogP) is 1.61. The second-order valence-electron chi connectivity index (χ2n) is 4.88. The normalized spacial score (nSPS) is 18.9. The molecule has 1 saturated heterocycles. The smallest absolute Gasteiger partial charge is 0.242 e. The first-order valence-corrected chi connectivity index (χ1v) is 6.74. The van der Waals surface area contributed by atoms with Crippen LogP contribution < -0.4 is 5.32 Å². The van der Waals surface area contributed by atoms with Gasteiger partial charge in [-0.15, -0.1) is 0 Å². The van der Waals surface area contributed by atoms with Crippen LogP contribution in [0.5, 0.6) is 0 Å². The Morgan fingerprint density at radius 3 is 2.95 bits per heavy atom. The highest BCUT2D eigenvalue weighted by atomic mass is 16.3. The summed E-state index contributed by atoms with van der Waals surface area (Å²) < 4.78 is 5.48. The fraction of sp³-hybridized carbons (Fsp3) is 0.571. The van der Waals surface area contributed by atoms with E-state index in [0.717, 1.165) is 17.9 Å². The molecule has 0 bridgehead atoms. The van der Waals surface area contributed by atoms with E-state index in [1.54, 1.807) is 4.90 Å². The number of carbonyl (C=O) groups excluding carboxylic acids is 2. The molecular formula is C14H20N2O3. The standard InChI is InChI=1S/C14H20N2O3/c1-3-8-15-14(18)12-6-7-13(17)16(12)9-11-5-4-10(2)19-11/h4-5,12H,3,6-9H2,1-2H3,(H,15,18)/t12-/m0/s1. The summed E-state index contributed by atoms with van der Waals surface area (Å²) in [4.78, 5) is 25.5. The van der Waals surface area contributed by atoms with E-state index in [9.17, 15) is 9.59 Å². The van der Waals surface area contributed by atoms with Crippen LogP contribution in [0.25, 0.3) is 0 Å². The first kappa shape index (κ1) is 13.6. The van der Waals surface area contributed by atoms with Gasteiger partial charge in [0, 0.05) is 13.0 Å². The van der Waals surface area contributed by atoms with E-state index in [0.29, 0.717) is 25.9 Å². The van der Waals surface area contributed by atoms with E-state index >= 15 is 0 Å². The van der Waals surface area contributed by atoms with Crippen molar-refractivity contribution in [2.75, 3.05) is 6.54 Å². The molecule has 0 saturated carbocycles. The quantitative estimate of drug-likeness (QED) is 0.878. The number of hydrogen-bond donors (Lipinski definition) is 1. The maximum atomic E-state index is 12.0. The van der Waals surface area contributed by atoms with Gasteiger partial charge in [-0.1, -0.05) is 6.92 Å². The molecule has 2 heterocycles. The van der Waals surface area contributed by atoms with Gasteiger partial charge in [-0.25, -0.2) is 0 Å². The van der Waals surface area contributed by atoms with Gasteiger partial charge in [0.15, 0.2) is 0 Å². The Hall–Kier alpha value is -1.78. The third-order valence-corrected chi connectivity index (χ3v) is 3.30. The summed E-state index contributed by atoms with van der Waals surface area (Å²) in [5.74, 6) is 1.50. The van der Waals surface area contributed by atoms with Gasteiger partial charge in [0.2, 0.25) is 11.8 Å². The molecule has 19 heavy (non-hydrogen) atoms. The van der Waals surface area contributed by atoms with Gasteiger partial charge in [-0.2, -0.15) is 0 Å². The van der Waals surface area contributed by atoms with Crippen molar-refractivity contribution in [3.63, 3.8) is 0 Å². The molecule has 1 aromatic heterocycles. The van der Waals surface area contributed by atoms with Crippen molar-refractivity contribution in [2.45, 2.75) is 45.7 Å². The number of rotatable bonds is 5. The zero-order valence-corrected chi connectivity index (χ0v) is 11.4. The summed E-state index contributed by atoms with van der Waals surface area (Å²) in [7, 11) is 0. The van der Waals surface area contributed by atoms with Crippen LogP contribution in [0.2, 0.25) is 0 Å². The molecule has 2 rings (SSSR count). The van der Waals surface area contributed by atoms with Crippen LogP contribution in [0.3, 0.4) is 0 Å². The van der Waals surface area contributed by atoms with Crippen LogP contribution in [0.15, 0.2) is 16.5 Å². The Kier molecular flexibility index (Phi) is 4.24. The fourth-order valence-corrected chi connectivity index (χ4v) is 2.31. The minimum absolute atomic E-state index is 0.0192. The van der Waals surface area contributed by atoms with Gasteiger partial charge >= 0.3 is 0 Å². The Labute approximate surface area is 113 Å². The molecule has 104 valence electrons. The summed E-state index contributed by atoms with van der Waals surface area (Å²) in [6.07, 6.45) is 1.92. The Balaban J connectivity index is 2.03. The molecule has 5 heteroatoms. The summed E-state index contributed by atoms with van der Waals surface area (Å²) >= 11 is 0. The molecule has 1 atom stereocenters. The zero-order chi connectivity index (χ0) is 13.8. The van der Waals surface area contributed by atoms with E-state index in [4.69, 9.17) is 4.42 Å². The van der Waals surface area contributed by atoms with Crippen molar-refractivity contribution in [3.8, 4) is 0 Å². The molecule has 1 aliphatic rings. The number of nitrogens with one attached hydrogen (secondary N) is 1. The minimum atomic E-state index is -0.357. The average molecular weight is 264 g/mol. The van der Waals surface area contributed by atoms with Gasteiger partial charge in [0.1, 0.15) is 17.6 Å². The Bertz CT molecular complexity index is 467. The first-order chi connectivity index (χ1) is 9.11.